The third-order valence-electron chi connectivity index (χ3n) is 2.81. The summed E-state index contributed by atoms with van der Waals surface area (Å²) in [7, 11) is 0. The smallest absolute Gasteiger partial charge is 0.320 e. The monoisotopic (exact) mass is 405 g/mol. The molecule has 0 radical (unpaired) electrons. The zero-order valence-electron chi connectivity index (χ0n) is 11.2. The van der Waals surface area contributed by atoms with Crippen LogP contribution < -0.4 is 5.32 Å². The Kier molecular flexibility index (Phi) is 5.06. The predicted molar refractivity (Wildman–Crippen MR) is 84.4 cm³/mol. The lowest BCUT2D eigenvalue weighted by molar-refractivity contribution is -0.137. The maximum atomic E-state index is 13.0. The first-order valence-corrected chi connectivity index (χ1v) is 7.25. The Bertz CT molecular complexity index is 780. The molecule has 0 saturated carbocycles. The van der Waals surface area contributed by atoms with Crippen molar-refractivity contribution < 1.29 is 18.0 Å². The van der Waals surface area contributed by atoms with Crippen LogP contribution in [0.25, 0.3) is 0 Å². The summed E-state index contributed by atoms with van der Waals surface area (Å²) in [5.74, 6) is -1.04. The van der Waals surface area contributed by atoms with Crippen molar-refractivity contribution in [3.05, 3.63) is 58.4 Å². The Morgan fingerprint density at radius 3 is 2.57 bits per heavy atom. The summed E-state index contributed by atoms with van der Waals surface area (Å²) in [6, 6.07) is 5.98. The van der Waals surface area contributed by atoms with Gasteiger partial charge < -0.3 is 5.32 Å². The van der Waals surface area contributed by atoms with Gasteiger partial charge in [0.15, 0.2) is 0 Å². The number of pyridine rings is 1. The first kappa shape index (κ1) is 17.4. The number of carbonyl (C=O) groups is 1. The molecule has 0 atom stereocenters. The molecule has 1 aromatic carbocycles. The van der Waals surface area contributed by atoms with Gasteiger partial charge in [-0.05, 0) is 40.2 Å². The fraction of sp³-hybridized carbons (Fsp3) is 0.0714. The molecule has 1 aromatic heterocycles. The molecule has 2 rings (SSSR count). The fourth-order valence-electron chi connectivity index (χ4n) is 1.86. The molecule has 0 saturated heterocycles. The van der Waals surface area contributed by atoms with Gasteiger partial charge in [-0.3, -0.25) is 15.2 Å². The predicted octanol–water partition coefficient (Wildman–Crippen LogP) is 4.73. The van der Waals surface area contributed by atoms with Crippen molar-refractivity contribution in [1.82, 2.24) is 4.98 Å². The number of halogens is 5. The van der Waals surface area contributed by atoms with Crippen LogP contribution >= 0.6 is 27.5 Å². The van der Waals surface area contributed by atoms with E-state index in [1.807, 2.05) is 0 Å². The zero-order chi connectivity index (χ0) is 17.2. The van der Waals surface area contributed by atoms with Gasteiger partial charge in [0.2, 0.25) is 0 Å². The summed E-state index contributed by atoms with van der Waals surface area (Å²) >= 11 is 8.67. The minimum Gasteiger partial charge on any atom is -0.320 e. The standard InChI is InChI=1S/C14H8BrClF3N3O/c15-12(20)11-9(5-2-6-21-11)22-13(23)10-7(14(17,18)19)3-1-4-8(10)16/h1-6,20H,(H,22,23). The van der Waals surface area contributed by atoms with E-state index in [4.69, 9.17) is 17.0 Å². The number of carbonyl (C=O) groups excluding carboxylic acids is 1. The number of rotatable bonds is 3. The van der Waals surface area contributed by atoms with Gasteiger partial charge in [0, 0.05) is 6.20 Å². The number of amides is 1. The second-order valence-corrected chi connectivity index (χ2v) is 5.53. The third-order valence-corrected chi connectivity index (χ3v) is 3.50. The average molecular weight is 407 g/mol. The van der Waals surface area contributed by atoms with Crippen LogP contribution in [0.5, 0.6) is 0 Å². The van der Waals surface area contributed by atoms with Crippen molar-refractivity contribution in [1.29, 1.82) is 5.41 Å². The van der Waals surface area contributed by atoms with E-state index in [9.17, 15) is 18.0 Å². The van der Waals surface area contributed by atoms with E-state index in [-0.39, 0.29) is 21.0 Å². The van der Waals surface area contributed by atoms with Crippen molar-refractivity contribution in [2.45, 2.75) is 6.18 Å². The molecular weight excluding hydrogens is 399 g/mol. The maximum absolute atomic E-state index is 13.0. The van der Waals surface area contributed by atoms with Gasteiger partial charge in [0.1, 0.15) is 10.3 Å². The lowest BCUT2D eigenvalue weighted by Crippen LogP contribution is -2.20. The first-order valence-electron chi connectivity index (χ1n) is 6.08. The first-order chi connectivity index (χ1) is 10.7. The number of alkyl halides is 3. The molecule has 23 heavy (non-hydrogen) atoms. The Labute approximate surface area is 142 Å². The summed E-state index contributed by atoms with van der Waals surface area (Å²) in [6.07, 6.45) is -3.34. The van der Waals surface area contributed by atoms with Crippen LogP contribution in [0.2, 0.25) is 5.02 Å². The van der Waals surface area contributed by atoms with Gasteiger partial charge in [0.05, 0.1) is 21.8 Å². The van der Waals surface area contributed by atoms with E-state index in [1.54, 1.807) is 0 Å². The van der Waals surface area contributed by atoms with Crippen molar-refractivity contribution in [2.24, 2.45) is 0 Å². The topological polar surface area (TPSA) is 65.8 Å². The highest BCUT2D eigenvalue weighted by molar-refractivity contribution is 9.18. The molecule has 0 bridgehead atoms. The number of nitrogens with one attached hydrogen (secondary N) is 2. The van der Waals surface area contributed by atoms with Crippen molar-refractivity contribution >= 4 is 43.7 Å². The number of hydrogen-bond acceptors (Lipinski definition) is 3. The molecule has 9 heteroatoms. The van der Waals surface area contributed by atoms with Crippen molar-refractivity contribution in [3.8, 4) is 0 Å². The summed E-state index contributed by atoms with van der Waals surface area (Å²) in [5, 5.41) is 9.49. The molecule has 1 amide bonds. The Morgan fingerprint density at radius 1 is 1.26 bits per heavy atom. The summed E-state index contributed by atoms with van der Waals surface area (Å²) in [4.78, 5) is 16.1. The number of anilines is 1. The molecule has 0 aliphatic rings. The van der Waals surface area contributed by atoms with Gasteiger partial charge >= 0.3 is 6.18 Å². The van der Waals surface area contributed by atoms with E-state index in [0.29, 0.717) is 0 Å². The molecule has 0 fully saturated rings. The third kappa shape index (κ3) is 3.89. The molecule has 2 aromatic rings. The normalized spacial score (nSPS) is 11.2. The second-order valence-electron chi connectivity index (χ2n) is 4.33. The molecule has 120 valence electrons. The molecule has 0 spiro atoms. The van der Waals surface area contributed by atoms with Crippen LogP contribution in [0.1, 0.15) is 21.6 Å². The van der Waals surface area contributed by atoms with Gasteiger partial charge in [0.25, 0.3) is 5.91 Å². The van der Waals surface area contributed by atoms with E-state index in [0.717, 1.165) is 12.1 Å². The van der Waals surface area contributed by atoms with Crippen molar-refractivity contribution in [3.63, 3.8) is 0 Å². The van der Waals surface area contributed by atoms with Crippen LogP contribution in [-0.4, -0.2) is 15.5 Å². The second kappa shape index (κ2) is 6.67. The SMILES string of the molecule is N=C(Br)c1ncccc1NC(=O)c1c(Cl)cccc1C(F)(F)F. The molecular formula is C14H8BrClF3N3O. The fourth-order valence-corrected chi connectivity index (χ4v) is 2.43. The van der Waals surface area contributed by atoms with Crippen molar-refractivity contribution in [2.75, 3.05) is 5.32 Å². The maximum Gasteiger partial charge on any atom is 0.417 e. The molecule has 1 heterocycles. The number of nitrogens with zero attached hydrogens (tertiary/aromatic N) is 1. The molecule has 4 nitrogen and oxygen atoms in total. The highest BCUT2D eigenvalue weighted by Crippen LogP contribution is 2.35. The quantitative estimate of drug-likeness (QED) is 0.724. The number of benzene rings is 1. The number of aromatic nitrogens is 1. The van der Waals surface area contributed by atoms with Crippen LogP contribution in [0, 0.1) is 5.41 Å². The molecule has 0 unspecified atom stereocenters. The lowest BCUT2D eigenvalue weighted by Gasteiger charge is -2.15. The van der Waals surface area contributed by atoms with Crippen LogP contribution in [0.4, 0.5) is 18.9 Å². The Balaban J connectivity index is 2.46. The van der Waals surface area contributed by atoms with Gasteiger partial charge in [-0.25, -0.2) is 0 Å². The molecule has 0 aliphatic carbocycles. The summed E-state index contributed by atoms with van der Waals surface area (Å²) < 4.78 is 39.0. The number of hydrogen-bond donors (Lipinski definition) is 2. The Morgan fingerprint density at radius 2 is 1.96 bits per heavy atom. The van der Waals surface area contributed by atoms with E-state index < -0.39 is 23.2 Å². The van der Waals surface area contributed by atoms with E-state index >= 15 is 0 Å². The summed E-state index contributed by atoms with van der Waals surface area (Å²) in [5.41, 5.74) is -1.65. The van der Waals surface area contributed by atoms with Gasteiger partial charge in [-0.1, -0.05) is 17.7 Å². The zero-order valence-corrected chi connectivity index (χ0v) is 13.6. The van der Waals surface area contributed by atoms with Gasteiger partial charge in [-0.2, -0.15) is 13.2 Å². The van der Waals surface area contributed by atoms with E-state index in [2.05, 4.69) is 26.2 Å². The lowest BCUT2D eigenvalue weighted by atomic mass is 10.1. The summed E-state index contributed by atoms with van der Waals surface area (Å²) in [6.45, 7) is 0. The largest absolute Gasteiger partial charge is 0.417 e. The van der Waals surface area contributed by atoms with Crippen LogP contribution in [0.3, 0.4) is 0 Å². The molecule has 0 aliphatic heterocycles. The van der Waals surface area contributed by atoms with E-state index in [1.165, 1.54) is 24.4 Å². The minimum atomic E-state index is -4.72. The van der Waals surface area contributed by atoms with Gasteiger partial charge in [-0.15, -0.1) is 0 Å². The highest BCUT2D eigenvalue weighted by atomic mass is 79.9. The minimum absolute atomic E-state index is 0.0847. The van der Waals surface area contributed by atoms with Crippen LogP contribution in [0.15, 0.2) is 36.5 Å². The Hall–Kier alpha value is -1.93. The average Bonchev–Trinajstić information content (AvgIpc) is 2.46. The highest BCUT2D eigenvalue weighted by Gasteiger charge is 2.36. The molecule has 2 N–H and O–H groups in total. The van der Waals surface area contributed by atoms with Crippen LogP contribution in [-0.2, 0) is 6.18 Å².